The highest BCUT2D eigenvalue weighted by Gasteiger charge is 2.29. The Hall–Kier alpha value is -2.41. The Kier molecular flexibility index (Phi) is 9.64. The van der Waals surface area contributed by atoms with Crippen LogP contribution in [-0.4, -0.2) is 36.5 Å². The van der Waals surface area contributed by atoms with Crippen molar-refractivity contribution in [3.05, 3.63) is 35.9 Å². The van der Waals surface area contributed by atoms with E-state index in [-0.39, 0.29) is 19.6 Å². The van der Waals surface area contributed by atoms with Crippen LogP contribution >= 0.6 is 0 Å². The van der Waals surface area contributed by atoms with Gasteiger partial charge in [-0.25, -0.2) is 4.79 Å². The fourth-order valence-electron chi connectivity index (χ4n) is 3.56. The van der Waals surface area contributed by atoms with Crippen LogP contribution in [0.15, 0.2) is 30.3 Å². The second kappa shape index (κ2) is 12.2. The molecule has 0 spiro atoms. The van der Waals surface area contributed by atoms with Gasteiger partial charge in [0.2, 0.25) is 5.91 Å². The maximum atomic E-state index is 12.5. The molecule has 2 rings (SSSR count). The molecule has 29 heavy (non-hydrogen) atoms. The number of ether oxygens (including phenoxy) is 2. The molecule has 3 N–H and O–H groups in total. The average Bonchev–Trinajstić information content (AvgIpc) is 2.73. The van der Waals surface area contributed by atoms with E-state index in [1.54, 1.807) is 6.92 Å². The zero-order valence-corrected chi connectivity index (χ0v) is 17.1. The van der Waals surface area contributed by atoms with Crippen molar-refractivity contribution in [3.63, 3.8) is 0 Å². The van der Waals surface area contributed by atoms with Gasteiger partial charge in [0.25, 0.3) is 0 Å². The highest BCUT2D eigenvalue weighted by atomic mass is 16.5. The lowest BCUT2D eigenvalue weighted by molar-refractivity contribution is -0.149. The first-order chi connectivity index (χ1) is 14.0. The Bertz CT molecular complexity index is 658. The van der Waals surface area contributed by atoms with Crippen molar-refractivity contribution in [2.24, 2.45) is 11.7 Å². The van der Waals surface area contributed by atoms with Crippen molar-refractivity contribution in [2.75, 3.05) is 6.61 Å². The van der Waals surface area contributed by atoms with Gasteiger partial charge in [-0.15, -0.1) is 0 Å². The largest absolute Gasteiger partial charge is 0.464 e. The Morgan fingerprint density at radius 3 is 2.45 bits per heavy atom. The molecule has 1 aromatic carbocycles. The molecule has 1 aliphatic rings. The number of nitrogens with one attached hydrogen (secondary N) is 1. The van der Waals surface area contributed by atoms with Gasteiger partial charge in [0.15, 0.2) is 0 Å². The normalized spacial score (nSPS) is 16.5. The van der Waals surface area contributed by atoms with Gasteiger partial charge >= 0.3 is 11.9 Å². The molecule has 1 fully saturated rings. The topological polar surface area (TPSA) is 108 Å². The van der Waals surface area contributed by atoms with Crippen LogP contribution in [0.2, 0.25) is 0 Å². The molecule has 7 nitrogen and oxygen atoms in total. The van der Waals surface area contributed by atoms with E-state index < -0.39 is 29.9 Å². The first-order valence-electron chi connectivity index (χ1n) is 10.4. The van der Waals surface area contributed by atoms with Crippen molar-refractivity contribution < 1.29 is 23.9 Å². The fraction of sp³-hybridized carbons (Fsp3) is 0.591. The lowest BCUT2D eigenvalue weighted by atomic mass is 9.84. The Morgan fingerprint density at radius 1 is 1.10 bits per heavy atom. The zero-order valence-electron chi connectivity index (χ0n) is 17.1. The zero-order chi connectivity index (χ0) is 21.1. The quantitative estimate of drug-likeness (QED) is 0.580. The van der Waals surface area contributed by atoms with Crippen molar-refractivity contribution >= 4 is 17.8 Å². The summed E-state index contributed by atoms with van der Waals surface area (Å²) in [6, 6.07) is 7.44. The average molecular weight is 405 g/mol. The van der Waals surface area contributed by atoms with E-state index in [2.05, 4.69) is 5.32 Å². The van der Waals surface area contributed by atoms with Crippen LogP contribution in [0.1, 0.15) is 57.4 Å². The smallest absolute Gasteiger partial charge is 0.328 e. The van der Waals surface area contributed by atoms with E-state index >= 15 is 0 Å². The van der Waals surface area contributed by atoms with Gasteiger partial charge in [-0.1, -0.05) is 62.4 Å². The van der Waals surface area contributed by atoms with E-state index in [9.17, 15) is 14.4 Å². The summed E-state index contributed by atoms with van der Waals surface area (Å²) in [5, 5.41) is 2.68. The third-order valence-corrected chi connectivity index (χ3v) is 5.15. The van der Waals surface area contributed by atoms with Crippen LogP contribution in [0.5, 0.6) is 0 Å². The minimum absolute atomic E-state index is 0.126. The van der Waals surface area contributed by atoms with Crippen molar-refractivity contribution in [3.8, 4) is 0 Å². The minimum atomic E-state index is -1.08. The predicted octanol–water partition coefficient (Wildman–Crippen LogP) is 2.47. The Morgan fingerprint density at radius 2 is 1.79 bits per heavy atom. The molecule has 1 amide bonds. The number of nitrogens with two attached hydrogens (primary N) is 1. The number of carbonyl (C=O) groups excluding carboxylic acids is 3. The second-order valence-corrected chi connectivity index (χ2v) is 7.51. The molecule has 1 aromatic rings. The summed E-state index contributed by atoms with van der Waals surface area (Å²) in [5.74, 6) is -1.18. The molecule has 0 bridgehead atoms. The Balaban J connectivity index is 1.83. The highest BCUT2D eigenvalue weighted by Crippen LogP contribution is 2.27. The van der Waals surface area contributed by atoms with Gasteiger partial charge in [0.05, 0.1) is 19.1 Å². The first kappa shape index (κ1) is 22.9. The van der Waals surface area contributed by atoms with Crippen molar-refractivity contribution in [1.29, 1.82) is 0 Å². The summed E-state index contributed by atoms with van der Waals surface area (Å²) in [4.78, 5) is 36.7. The SMILES string of the molecule is CCOC(=O)[C@H](CC1CCCCC1)NC(=O)[C@@H](N)CC(=O)OCc1ccccc1. The van der Waals surface area contributed by atoms with Crippen LogP contribution in [0.3, 0.4) is 0 Å². The monoisotopic (exact) mass is 404 g/mol. The van der Waals surface area contributed by atoms with Crippen LogP contribution in [0.4, 0.5) is 0 Å². The highest BCUT2D eigenvalue weighted by molar-refractivity contribution is 5.90. The van der Waals surface area contributed by atoms with Crippen molar-refractivity contribution in [1.82, 2.24) is 5.32 Å². The molecular formula is C22H32N2O5. The third-order valence-electron chi connectivity index (χ3n) is 5.15. The molecule has 1 saturated carbocycles. The lowest BCUT2D eigenvalue weighted by Crippen LogP contribution is -2.50. The lowest BCUT2D eigenvalue weighted by Gasteiger charge is -2.26. The summed E-state index contributed by atoms with van der Waals surface area (Å²) < 4.78 is 10.3. The third kappa shape index (κ3) is 8.23. The summed E-state index contributed by atoms with van der Waals surface area (Å²) in [7, 11) is 0. The number of benzene rings is 1. The fourth-order valence-corrected chi connectivity index (χ4v) is 3.56. The minimum Gasteiger partial charge on any atom is -0.464 e. The van der Waals surface area contributed by atoms with E-state index in [1.165, 1.54) is 6.42 Å². The van der Waals surface area contributed by atoms with Gasteiger partial charge in [-0.3, -0.25) is 9.59 Å². The first-order valence-corrected chi connectivity index (χ1v) is 10.4. The van der Waals surface area contributed by atoms with E-state index in [1.807, 2.05) is 30.3 Å². The molecule has 0 unspecified atom stereocenters. The van der Waals surface area contributed by atoms with E-state index in [4.69, 9.17) is 15.2 Å². The number of rotatable bonds is 10. The van der Waals surface area contributed by atoms with E-state index in [0.717, 1.165) is 31.2 Å². The summed E-state index contributed by atoms with van der Waals surface area (Å²) in [5.41, 5.74) is 6.73. The Labute approximate surface area is 172 Å². The molecule has 7 heteroatoms. The molecular weight excluding hydrogens is 372 g/mol. The maximum Gasteiger partial charge on any atom is 0.328 e. The molecule has 160 valence electrons. The number of hydrogen-bond acceptors (Lipinski definition) is 6. The van der Waals surface area contributed by atoms with Crippen LogP contribution in [0.25, 0.3) is 0 Å². The van der Waals surface area contributed by atoms with Crippen LogP contribution in [-0.2, 0) is 30.5 Å². The van der Waals surface area contributed by atoms with Gasteiger partial charge in [-0.2, -0.15) is 0 Å². The van der Waals surface area contributed by atoms with Crippen LogP contribution in [0, 0.1) is 5.92 Å². The van der Waals surface area contributed by atoms with E-state index in [0.29, 0.717) is 12.3 Å². The molecule has 1 aliphatic carbocycles. The molecule has 0 aliphatic heterocycles. The number of carbonyl (C=O) groups is 3. The predicted molar refractivity (Wildman–Crippen MR) is 109 cm³/mol. The maximum absolute atomic E-state index is 12.5. The molecule has 0 radical (unpaired) electrons. The summed E-state index contributed by atoms with van der Waals surface area (Å²) in [6.07, 6.45) is 5.87. The molecule has 0 heterocycles. The summed E-state index contributed by atoms with van der Waals surface area (Å²) >= 11 is 0. The number of amides is 1. The van der Waals surface area contributed by atoms with Gasteiger partial charge in [-0.05, 0) is 24.8 Å². The molecule has 0 aromatic heterocycles. The van der Waals surface area contributed by atoms with Gasteiger partial charge in [0, 0.05) is 0 Å². The molecule has 0 saturated heterocycles. The number of hydrogen-bond donors (Lipinski definition) is 2. The van der Waals surface area contributed by atoms with Gasteiger partial charge < -0.3 is 20.5 Å². The van der Waals surface area contributed by atoms with Crippen LogP contribution < -0.4 is 11.1 Å². The molecule has 2 atom stereocenters. The van der Waals surface area contributed by atoms with Crippen molar-refractivity contribution in [2.45, 2.75) is 70.6 Å². The summed E-state index contributed by atoms with van der Waals surface area (Å²) in [6.45, 7) is 2.10. The number of esters is 2. The van der Waals surface area contributed by atoms with Gasteiger partial charge in [0.1, 0.15) is 12.6 Å². The second-order valence-electron chi connectivity index (χ2n) is 7.51. The standard InChI is InChI=1S/C22H32N2O5/c1-2-28-22(27)19(13-16-9-5-3-6-10-16)24-21(26)18(23)14-20(25)29-15-17-11-7-4-8-12-17/h4,7-8,11-12,16,18-19H,2-3,5-6,9-10,13-15,23H2,1H3,(H,24,26)/t18-,19-/m0/s1.